The lowest BCUT2D eigenvalue weighted by molar-refractivity contribution is 0.212. The average Bonchev–Trinajstić information content (AvgIpc) is 1.81. The Labute approximate surface area is 63.6 Å². The van der Waals surface area contributed by atoms with Gasteiger partial charge in [-0.3, -0.25) is 0 Å². The molecular formula is C8H19NO. The average molecular weight is 145 g/mol. The maximum absolute atomic E-state index is 8.83. The molecule has 0 radical (unpaired) electrons. The quantitative estimate of drug-likeness (QED) is 0.624. The number of hydrogen-bond acceptors (Lipinski definition) is 2. The van der Waals surface area contributed by atoms with Crippen molar-refractivity contribution in [2.24, 2.45) is 0 Å². The topological polar surface area (TPSA) is 32.3 Å². The second kappa shape index (κ2) is 3.94. The van der Waals surface area contributed by atoms with Crippen LogP contribution >= 0.6 is 0 Å². The Bertz CT molecular complexity index is 81.7. The summed E-state index contributed by atoms with van der Waals surface area (Å²) in [7, 11) is 0. The minimum Gasteiger partial charge on any atom is -0.395 e. The third-order valence-electron chi connectivity index (χ3n) is 1.35. The highest BCUT2D eigenvalue weighted by molar-refractivity contribution is 4.76. The number of rotatable bonds is 3. The van der Waals surface area contributed by atoms with Crippen LogP contribution in [0.2, 0.25) is 0 Å². The molecule has 0 aliphatic heterocycles. The van der Waals surface area contributed by atoms with E-state index in [1.165, 1.54) is 0 Å². The van der Waals surface area contributed by atoms with Crippen LogP contribution in [0.5, 0.6) is 0 Å². The Hall–Kier alpha value is -0.0800. The molecule has 2 N–H and O–H groups in total. The summed E-state index contributed by atoms with van der Waals surface area (Å²) in [6, 6.07) is 0.250. The standard InChI is InChI=1S/C8H19NO/c1-5-7(6-10)9-8(2,3)4/h7,9-10H,5-6H2,1-4H3/t7-/m0/s1. The van der Waals surface area contributed by atoms with E-state index >= 15 is 0 Å². The fraction of sp³-hybridized carbons (Fsp3) is 1.00. The first-order valence-electron chi connectivity index (χ1n) is 3.88. The zero-order valence-corrected chi connectivity index (χ0v) is 7.44. The summed E-state index contributed by atoms with van der Waals surface area (Å²) in [5.74, 6) is 0. The molecule has 0 saturated carbocycles. The molecule has 10 heavy (non-hydrogen) atoms. The molecular weight excluding hydrogens is 126 g/mol. The summed E-state index contributed by atoms with van der Waals surface area (Å²) in [5.41, 5.74) is 0.114. The Balaban J connectivity index is 3.63. The molecule has 0 saturated heterocycles. The van der Waals surface area contributed by atoms with Gasteiger partial charge in [0.2, 0.25) is 0 Å². The highest BCUT2D eigenvalue weighted by Gasteiger charge is 2.13. The predicted octanol–water partition coefficient (Wildman–Crippen LogP) is 1.15. The van der Waals surface area contributed by atoms with Crippen LogP contribution in [0.15, 0.2) is 0 Å². The molecule has 0 fully saturated rings. The van der Waals surface area contributed by atoms with E-state index in [0.29, 0.717) is 0 Å². The zero-order chi connectivity index (χ0) is 8.20. The highest BCUT2D eigenvalue weighted by atomic mass is 16.3. The third kappa shape index (κ3) is 4.77. The zero-order valence-electron chi connectivity index (χ0n) is 7.44. The van der Waals surface area contributed by atoms with Crippen LogP contribution in [0.25, 0.3) is 0 Å². The van der Waals surface area contributed by atoms with E-state index in [1.54, 1.807) is 0 Å². The minimum atomic E-state index is 0.114. The molecule has 62 valence electrons. The van der Waals surface area contributed by atoms with E-state index in [2.05, 4.69) is 33.0 Å². The molecule has 0 aliphatic carbocycles. The summed E-state index contributed by atoms with van der Waals surface area (Å²) in [5, 5.41) is 12.1. The van der Waals surface area contributed by atoms with Crippen LogP contribution in [0.4, 0.5) is 0 Å². The van der Waals surface area contributed by atoms with Crippen LogP contribution < -0.4 is 5.32 Å². The molecule has 0 rings (SSSR count). The van der Waals surface area contributed by atoms with Gasteiger partial charge in [-0.2, -0.15) is 0 Å². The fourth-order valence-electron chi connectivity index (χ4n) is 0.889. The first-order valence-corrected chi connectivity index (χ1v) is 3.88. The van der Waals surface area contributed by atoms with Gasteiger partial charge in [-0.25, -0.2) is 0 Å². The van der Waals surface area contributed by atoms with Crippen molar-refractivity contribution < 1.29 is 5.11 Å². The molecule has 0 aliphatic rings. The summed E-state index contributed by atoms with van der Waals surface area (Å²) >= 11 is 0. The molecule has 2 heteroatoms. The Morgan fingerprint density at radius 2 is 1.90 bits per heavy atom. The molecule has 0 aromatic carbocycles. The van der Waals surface area contributed by atoms with Gasteiger partial charge in [0.25, 0.3) is 0 Å². The van der Waals surface area contributed by atoms with E-state index in [1.807, 2.05) is 0 Å². The van der Waals surface area contributed by atoms with Crippen molar-refractivity contribution in [2.45, 2.75) is 45.7 Å². The van der Waals surface area contributed by atoms with Crippen molar-refractivity contribution in [2.75, 3.05) is 6.61 Å². The molecule has 1 atom stereocenters. The summed E-state index contributed by atoms with van der Waals surface area (Å²) in [6.07, 6.45) is 0.980. The predicted molar refractivity (Wildman–Crippen MR) is 44.1 cm³/mol. The number of nitrogens with one attached hydrogen (secondary N) is 1. The summed E-state index contributed by atoms with van der Waals surface area (Å²) in [6.45, 7) is 8.61. The van der Waals surface area contributed by atoms with E-state index in [-0.39, 0.29) is 18.2 Å². The van der Waals surface area contributed by atoms with Gasteiger partial charge in [-0.05, 0) is 27.2 Å². The van der Waals surface area contributed by atoms with Gasteiger partial charge in [0, 0.05) is 11.6 Å². The number of aliphatic hydroxyl groups is 1. The lowest BCUT2D eigenvalue weighted by atomic mass is 10.1. The van der Waals surface area contributed by atoms with Crippen molar-refractivity contribution >= 4 is 0 Å². The molecule has 0 aromatic rings. The number of aliphatic hydroxyl groups excluding tert-OH is 1. The van der Waals surface area contributed by atoms with Crippen LogP contribution in [-0.4, -0.2) is 23.3 Å². The van der Waals surface area contributed by atoms with Crippen LogP contribution in [0.3, 0.4) is 0 Å². The van der Waals surface area contributed by atoms with Crippen molar-refractivity contribution in [3.8, 4) is 0 Å². The summed E-state index contributed by atoms with van der Waals surface area (Å²) < 4.78 is 0. The van der Waals surface area contributed by atoms with Gasteiger partial charge in [-0.15, -0.1) is 0 Å². The van der Waals surface area contributed by atoms with Gasteiger partial charge in [-0.1, -0.05) is 6.92 Å². The van der Waals surface area contributed by atoms with E-state index in [4.69, 9.17) is 5.11 Å². The van der Waals surface area contributed by atoms with Gasteiger partial charge in [0.05, 0.1) is 6.61 Å². The van der Waals surface area contributed by atoms with Gasteiger partial charge in [0.15, 0.2) is 0 Å². The monoisotopic (exact) mass is 145 g/mol. The molecule has 2 nitrogen and oxygen atoms in total. The minimum absolute atomic E-state index is 0.114. The van der Waals surface area contributed by atoms with Crippen molar-refractivity contribution in [3.63, 3.8) is 0 Å². The number of hydrogen-bond donors (Lipinski definition) is 2. The largest absolute Gasteiger partial charge is 0.395 e. The van der Waals surface area contributed by atoms with Crippen molar-refractivity contribution in [1.29, 1.82) is 0 Å². The third-order valence-corrected chi connectivity index (χ3v) is 1.35. The van der Waals surface area contributed by atoms with Crippen molar-refractivity contribution in [3.05, 3.63) is 0 Å². The first-order chi connectivity index (χ1) is 4.49. The molecule has 0 amide bonds. The van der Waals surface area contributed by atoms with Gasteiger partial charge in [0.1, 0.15) is 0 Å². The maximum Gasteiger partial charge on any atom is 0.0584 e. The van der Waals surface area contributed by atoms with Crippen molar-refractivity contribution in [1.82, 2.24) is 5.32 Å². The Morgan fingerprint density at radius 1 is 1.40 bits per heavy atom. The second-order valence-corrected chi connectivity index (χ2v) is 3.68. The van der Waals surface area contributed by atoms with E-state index < -0.39 is 0 Å². The van der Waals surface area contributed by atoms with Gasteiger partial charge >= 0.3 is 0 Å². The van der Waals surface area contributed by atoms with E-state index in [9.17, 15) is 0 Å². The normalized spacial score (nSPS) is 15.3. The lowest BCUT2D eigenvalue weighted by Crippen LogP contribution is -2.45. The smallest absolute Gasteiger partial charge is 0.0584 e. The van der Waals surface area contributed by atoms with Crippen LogP contribution in [-0.2, 0) is 0 Å². The lowest BCUT2D eigenvalue weighted by Gasteiger charge is -2.26. The highest BCUT2D eigenvalue weighted by Crippen LogP contribution is 2.02. The van der Waals surface area contributed by atoms with Crippen LogP contribution in [0.1, 0.15) is 34.1 Å². The first kappa shape index (κ1) is 9.92. The Kier molecular flexibility index (Phi) is 3.91. The van der Waals surface area contributed by atoms with Crippen LogP contribution in [0, 0.1) is 0 Å². The SMILES string of the molecule is CC[C@@H](CO)NC(C)(C)C. The molecule has 0 bridgehead atoms. The molecule has 0 heterocycles. The summed E-state index contributed by atoms with van der Waals surface area (Å²) in [4.78, 5) is 0. The molecule has 0 spiro atoms. The molecule has 0 unspecified atom stereocenters. The van der Waals surface area contributed by atoms with Gasteiger partial charge < -0.3 is 10.4 Å². The maximum atomic E-state index is 8.83. The van der Waals surface area contributed by atoms with E-state index in [0.717, 1.165) is 6.42 Å². The molecule has 0 aromatic heterocycles. The Morgan fingerprint density at radius 3 is 2.00 bits per heavy atom. The fourth-order valence-corrected chi connectivity index (χ4v) is 0.889. The second-order valence-electron chi connectivity index (χ2n) is 3.68.